The van der Waals surface area contributed by atoms with Gasteiger partial charge in [-0.05, 0) is 81.5 Å². The Morgan fingerprint density at radius 3 is 2.36 bits per heavy atom. The molecule has 310 valence electrons. The normalized spacial score (nSPS) is 14.9. The number of hydrogen-bond donors (Lipinski definition) is 2. The third-order valence-electron chi connectivity index (χ3n) is 8.85. The van der Waals surface area contributed by atoms with Gasteiger partial charge in [-0.1, -0.05) is 42.5 Å². The lowest BCUT2D eigenvalue weighted by atomic mass is 10.0. The Labute approximate surface area is 338 Å². The molecule has 2 unspecified atom stereocenters. The minimum atomic E-state index is -4.11. The SMILES string of the molecule is CC(C)(C)OC(=O)NC(COC(=O)c1ccc(-c2cnc3c(c2)c(C(=O)c2ccc(F)c(NS(C)(=O)=O)c2F)nn3C2CCCCO2)cc1)C(=O)OCc1ccccc1. The number of aromatic nitrogens is 3. The fourth-order valence-corrected chi connectivity index (χ4v) is 6.65. The molecule has 0 bridgehead atoms. The van der Waals surface area contributed by atoms with E-state index in [-0.39, 0.29) is 28.9 Å². The number of sulfonamides is 1. The van der Waals surface area contributed by atoms with Crippen LogP contribution in [0.1, 0.15) is 78.2 Å². The summed E-state index contributed by atoms with van der Waals surface area (Å²) in [4.78, 5) is 57.2. The molecule has 15 nitrogen and oxygen atoms in total. The molecule has 2 atom stereocenters. The second kappa shape index (κ2) is 17.7. The van der Waals surface area contributed by atoms with Crippen molar-refractivity contribution in [1.82, 2.24) is 20.1 Å². The van der Waals surface area contributed by atoms with E-state index in [0.29, 0.717) is 29.7 Å². The Balaban J connectivity index is 1.24. The monoisotopic (exact) mass is 833 g/mol. The second-order valence-electron chi connectivity index (χ2n) is 14.7. The number of hydrogen-bond acceptors (Lipinski definition) is 12. The summed E-state index contributed by atoms with van der Waals surface area (Å²) >= 11 is 0. The zero-order valence-electron chi connectivity index (χ0n) is 32.5. The number of nitrogens with one attached hydrogen (secondary N) is 2. The van der Waals surface area contributed by atoms with Gasteiger partial charge in [-0.15, -0.1) is 0 Å². The number of benzene rings is 3. The van der Waals surface area contributed by atoms with Gasteiger partial charge in [0.15, 0.2) is 23.7 Å². The molecule has 3 heterocycles. The molecule has 0 aliphatic carbocycles. The van der Waals surface area contributed by atoms with Crippen molar-refractivity contribution in [3.8, 4) is 11.1 Å². The first kappa shape index (κ1) is 42.3. The fraction of sp³-hybridized carbons (Fsp3) is 0.317. The average molecular weight is 834 g/mol. The number of anilines is 1. The van der Waals surface area contributed by atoms with E-state index < -0.39 is 81.2 Å². The van der Waals surface area contributed by atoms with Crippen LogP contribution < -0.4 is 10.0 Å². The molecule has 2 aromatic heterocycles. The lowest BCUT2D eigenvalue weighted by Gasteiger charge is -2.23. The summed E-state index contributed by atoms with van der Waals surface area (Å²) in [5.74, 6) is -5.26. The lowest BCUT2D eigenvalue weighted by Crippen LogP contribution is -2.47. The average Bonchev–Trinajstić information content (AvgIpc) is 3.58. The zero-order chi connectivity index (χ0) is 42.5. The number of ether oxygens (including phenoxy) is 4. The highest BCUT2D eigenvalue weighted by atomic mass is 32.2. The van der Waals surface area contributed by atoms with Crippen molar-refractivity contribution >= 4 is 50.6 Å². The van der Waals surface area contributed by atoms with Gasteiger partial charge in [0.05, 0.1) is 22.8 Å². The van der Waals surface area contributed by atoms with Crippen LogP contribution in [0.5, 0.6) is 0 Å². The molecule has 0 saturated carbocycles. The maximum atomic E-state index is 15.6. The number of rotatable bonds is 13. The molecule has 0 radical (unpaired) electrons. The van der Waals surface area contributed by atoms with Crippen LogP contribution >= 0.6 is 0 Å². The van der Waals surface area contributed by atoms with Gasteiger partial charge in [-0.25, -0.2) is 41.2 Å². The van der Waals surface area contributed by atoms with Crippen LogP contribution in [0, 0.1) is 11.6 Å². The molecule has 0 spiro atoms. The van der Waals surface area contributed by atoms with E-state index in [2.05, 4.69) is 15.4 Å². The molecule has 2 N–H and O–H groups in total. The highest BCUT2D eigenvalue weighted by Gasteiger charge is 2.30. The summed E-state index contributed by atoms with van der Waals surface area (Å²) in [7, 11) is -4.11. The van der Waals surface area contributed by atoms with Crippen molar-refractivity contribution in [1.29, 1.82) is 0 Å². The van der Waals surface area contributed by atoms with Gasteiger partial charge >= 0.3 is 18.0 Å². The van der Waals surface area contributed by atoms with Crippen molar-refractivity contribution < 1.29 is 55.3 Å². The van der Waals surface area contributed by atoms with Crippen LogP contribution in [0.15, 0.2) is 79.0 Å². The van der Waals surface area contributed by atoms with E-state index in [9.17, 15) is 32.0 Å². The number of carbonyl (C=O) groups is 4. The van der Waals surface area contributed by atoms with Gasteiger partial charge in [0.1, 0.15) is 36.0 Å². The summed E-state index contributed by atoms with van der Waals surface area (Å²) in [5, 5.41) is 7.09. The number of ketones is 1. The first-order chi connectivity index (χ1) is 28.0. The molecular formula is C41H41F2N5O10S. The number of alkyl carbamates (subject to hydrolysis) is 1. The Hall–Kier alpha value is -6.27. The Morgan fingerprint density at radius 2 is 1.69 bits per heavy atom. The minimum Gasteiger partial charge on any atom is -0.459 e. The maximum absolute atomic E-state index is 15.6. The highest BCUT2D eigenvalue weighted by Crippen LogP contribution is 2.33. The molecule has 6 rings (SSSR count). The van der Waals surface area contributed by atoms with Gasteiger partial charge in [0, 0.05) is 18.4 Å². The second-order valence-corrected chi connectivity index (χ2v) is 16.4. The van der Waals surface area contributed by atoms with E-state index in [1.807, 2.05) is 6.07 Å². The van der Waals surface area contributed by atoms with Crippen molar-refractivity contribution in [3.05, 3.63) is 113 Å². The van der Waals surface area contributed by atoms with E-state index in [0.717, 1.165) is 31.2 Å². The molecular weight excluding hydrogens is 793 g/mol. The minimum absolute atomic E-state index is 0.0834. The third-order valence-corrected chi connectivity index (χ3v) is 9.42. The summed E-state index contributed by atoms with van der Waals surface area (Å²) in [6, 6.07) is 16.9. The van der Waals surface area contributed by atoms with Crippen molar-refractivity contribution in [3.63, 3.8) is 0 Å². The molecule has 18 heteroatoms. The summed E-state index contributed by atoms with van der Waals surface area (Å²) in [6.07, 6.45) is 2.94. The molecule has 59 heavy (non-hydrogen) atoms. The lowest BCUT2D eigenvalue weighted by molar-refractivity contribution is -0.148. The summed E-state index contributed by atoms with van der Waals surface area (Å²) in [5.41, 5.74) is -0.683. The largest absolute Gasteiger partial charge is 0.459 e. The van der Waals surface area contributed by atoms with Gasteiger partial charge in [0.2, 0.25) is 15.8 Å². The molecule has 1 aliphatic heterocycles. The first-order valence-electron chi connectivity index (χ1n) is 18.5. The van der Waals surface area contributed by atoms with E-state index in [4.69, 9.17) is 18.9 Å². The Morgan fingerprint density at radius 1 is 0.966 bits per heavy atom. The molecule has 1 amide bonds. The first-order valence-corrected chi connectivity index (χ1v) is 20.3. The van der Waals surface area contributed by atoms with Gasteiger partial charge in [-0.3, -0.25) is 9.52 Å². The number of pyridine rings is 1. The van der Waals surface area contributed by atoms with Crippen LogP contribution in [0.25, 0.3) is 22.2 Å². The fourth-order valence-electron chi connectivity index (χ4n) is 6.09. The molecule has 1 aliphatic rings. The Kier molecular flexibility index (Phi) is 12.7. The topological polar surface area (TPSA) is 194 Å². The summed E-state index contributed by atoms with van der Waals surface area (Å²) in [6.45, 7) is 4.74. The van der Waals surface area contributed by atoms with Crippen LogP contribution in [0.2, 0.25) is 0 Å². The molecule has 3 aromatic carbocycles. The van der Waals surface area contributed by atoms with E-state index in [1.54, 1.807) is 68.0 Å². The van der Waals surface area contributed by atoms with Gasteiger partial charge in [0.25, 0.3) is 0 Å². The molecule has 1 fully saturated rings. The van der Waals surface area contributed by atoms with Crippen LogP contribution in [0.3, 0.4) is 0 Å². The summed E-state index contributed by atoms with van der Waals surface area (Å²) < 4.78 is 79.0. The van der Waals surface area contributed by atoms with Crippen molar-refractivity contribution in [2.75, 3.05) is 24.2 Å². The predicted molar refractivity (Wildman–Crippen MR) is 210 cm³/mol. The van der Waals surface area contributed by atoms with Crippen molar-refractivity contribution in [2.45, 2.75) is 64.5 Å². The van der Waals surface area contributed by atoms with Gasteiger partial charge in [-0.2, -0.15) is 5.10 Å². The number of fused-ring (bicyclic) bond motifs is 1. The smallest absolute Gasteiger partial charge is 0.408 e. The Bertz CT molecular complexity index is 2480. The third kappa shape index (κ3) is 10.6. The van der Waals surface area contributed by atoms with E-state index in [1.165, 1.54) is 23.0 Å². The number of esters is 2. The van der Waals surface area contributed by atoms with Gasteiger partial charge < -0.3 is 24.3 Å². The predicted octanol–water partition coefficient (Wildman–Crippen LogP) is 6.47. The van der Waals surface area contributed by atoms with Crippen LogP contribution in [-0.4, -0.2) is 78.1 Å². The van der Waals surface area contributed by atoms with Crippen LogP contribution in [0.4, 0.5) is 19.3 Å². The van der Waals surface area contributed by atoms with Crippen molar-refractivity contribution in [2.24, 2.45) is 0 Å². The quantitative estimate of drug-likeness (QED) is 0.0747. The number of amides is 1. The number of nitrogens with zero attached hydrogens (tertiary/aromatic N) is 3. The zero-order valence-corrected chi connectivity index (χ0v) is 33.3. The van der Waals surface area contributed by atoms with Crippen LogP contribution in [-0.2, 0) is 40.4 Å². The molecule has 5 aromatic rings. The van der Waals surface area contributed by atoms with E-state index >= 15 is 4.39 Å². The molecule has 1 saturated heterocycles. The maximum Gasteiger partial charge on any atom is 0.408 e. The number of carbonyl (C=O) groups excluding carboxylic acids is 4. The highest BCUT2D eigenvalue weighted by molar-refractivity contribution is 7.92. The standard InChI is InChI=1S/C41H41F2N5O10S/c1-41(2,3)58-40(52)45-31(39(51)56-22-24-10-6-5-7-11-24)23-57-38(50)26-15-13-25(14-16-26)27-20-29-34(46-48(37(29)44-21-27)32-12-8-9-19-55-32)36(49)28-17-18-30(42)35(33(28)43)47-59(4,53)54/h5-7,10-11,13-18,20-21,31-32,47H,8-9,12,19,22-23H2,1-4H3,(H,45,52). The number of halogens is 2.